The Labute approximate surface area is 98.7 Å². The van der Waals surface area contributed by atoms with Crippen LogP contribution >= 0.6 is 0 Å². The van der Waals surface area contributed by atoms with Crippen LogP contribution in [0.2, 0.25) is 0 Å². The van der Waals surface area contributed by atoms with Crippen molar-refractivity contribution < 1.29 is 8.42 Å². The number of nitrogens with zero attached hydrogens (tertiary/aromatic N) is 1. The number of nitrogens with one attached hydrogen (secondary N) is 1. The molecule has 0 aliphatic carbocycles. The van der Waals surface area contributed by atoms with E-state index < -0.39 is 15.5 Å². The number of pyridine rings is 1. The van der Waals surface area contributed by atoms with Crippen molar-refractivity contribution in [2.75, 3.05) is 14.1 Å². The van der Waals surface area contributed by atoms with Crippen molar-refractivity contribution in [2.24, 2.45) is 0 Å². The molecule has 2 aromatic rings. The molecule has 0 aliphatic rings. The lowest BCUT2D eigenvalue weighted by atomic mass is 10.2. The van der Waals surface area contributed by atoms with E-state index in [9.17, 15) is 13.2 Å². The van der Waals surface area contributed by atoms with Gasteiger partial charge in [-0.25, -0.2) is 12.7 Å². The van der Waals surface area contributed by atoms with E-state index in [1.807, 2.05) is 0 Å². The normalized spacial score (nSPS) is 12.2. The summed E-state index contributed by atoms with van der Waals surface area (Å²) >= 11 is 0. The molecule has 1 heterocycles. The Bertz CT molecular complexity index is 717. The standard InChI is InChI=1S/C11H12N2O3S/c1-13(2)17(15,16)10-7-12-9-6-4-3-5-8(9)11(10)14/h3-7H,1-2H3,(H,12,14). The molecule has 1 N–H and O–H groups in total. The number of benzene rings is 1. The van der Waals surface area contributed by atoms with E-state index in [4.69, 9.17) is 0 Å². The third kappa shape index (κ3) is 1.85. The SMILES string of the molecule is CN(C)S(=O)(=O)c1c[nH]c2ccccc2c1=O. The average molecular weight is 252 g/mol. The van der Waals surface area contributed by atoms with Crippen LogP contribution in [0.15, 0.2) is 40.2 Å². The second-order valence-electron chi connectivity index (χ2n) is 3.82. The predicted molar refractivity (Wildman–Crippen MR) is 65.4 cm³/mol. The molecule has 2 rings (SSSR count). The smallest absolute Gasteiger partial charge is 0.247 e. The van der Waals surface area contributed by atoms with Gasteiger partial charge in [0.1, 0.15) is 4.90 Å². The van der Waals surface area contributed by atoms with Crippen LogP contribution in [0.3, 0.4) is 0 Å². The molecular formula is C11H12N2O3S. The topological polar surface area (TPSA) is 70.2 Å². The summed E-state index contributed by atoms with van der Waals surface area (Å²) in [5.74, 6) is 0. The lowest BCUT2D eigenvalue weighted by Gasteiger charge is -2.10. The van der Waals surface area contributed by atoms with Gasteiger partial charge in [-0.15, -0.1) is 0 Å². The first kappa shape index (κ1) is 11.8. The fourth-order valence-corrected chi connectivity index (χ4v) is 2.48. The molecule has 0 saturated carbocycles. The molecule has 0 fully saturated rings. The Morgan fingerprint density at radius 3 is 2.47 bits per heavy atom. The van der Waals surface area contributed by atoms with E-state index in [0.29, 0.717) is 10.9 Å². The summed E-state index contributed by atoms with van der Waals surface area (Å²) in [7, 11) is -0.924. The summed E-state index contributed by atoms with van der Waals surface area (Å²) in [6, 6.07) is 6.80. The van der Waals surface area contributed by atoms with Crippen LogP contribution in [0.4, 0.5) is 0 Å². The van der Waals surface area contributed by atoms with Gasteiger partial charge < -0.3 is 4.98 Å². The lowest BCUT2D eigenvalue weighted by molar-refractivity contribution is 0.520. The Hall–Kier alpha value is -1.66. The highest BCUT2D eigenvalue weighted by molar-refractivity contribution is 7.89. The lowest BCUT2D eigenvalue weighted by Crippen LogP contribution is -2.27. The molecule has 0 unspecified atom stereocenters. The number of sulfonamides is 1. The van der Waals surface area contributed by atoms with E-state index in [0.717, 1.165) is 4.31 Å². The summed E-state index contributed by atoms with van der Waals surface area (Å²) in [5, 5.41) is 0.371. The van der Waals surface area contributed by atoms with Crippen molar-refractivity contribution >= 4 is 20.9 Å². The van der Waals surface area contributed by atoms with Crippen LogP contribution in [0.5, 0.6) is 0 Å². The van der Waals surface area contributed by atoms with Crippen molar-refractivity contribution in [3.05, 3.63) is 40.7 Å². The molecule has 1 aromatic carbocycles. The van der Waals surface area contributed by atoms with Crippen molar-refractivity contribution in [2.45, 2.75) is 4.90 Å². The zero-order chi connectivity index (χ0) is 12.6. The molecule has 90 valence electrons. The number of rotatable bonds is 2. The third-order valence-corrected chi connectivity index (χ3v) is 4.33. The molecular weight excluding hydrogens is 240 g/mol. The molecule has 0 aliphatic heterocycles. The number of H-pyrrole nitrogens is 1. The first-order valence-corrected chi connectivity index (χ1v) is 6.41. The highest BCUT2D eigenvalue weighted by Crippen LogP contribution is 2.12. The van der Waals surface area contributed by atoms with Crippen molar-refractivity contribution in [3.63, 3.8) is 0 Å². The number of hydrogen-bond donors (Lipinski definition) is 1. The summed E-state index contributed by atoms with van der Waals surface area (Å²) in [4.78, 5) is 14.6. The maximum Gasteiger partial charge on any atom is 0.247 e. The van der Waals surface area contributed by atoms with Gasteiger partial charge >= 0.3 is 0 Å². The molecule has 6 heteroatoms. The van der Waals surface area contributed by atoms with Gasteiger partial charge in [0.05, 0.1) is 0 Å². The Balaban J connectivity index is 2.83. The Kier molecular flexibility index (Phi) is 2.76. The number of aromatic nitrogens is 1. The minimum atomic E-state index is -3.71. The molecule has 0 saturated heterocycles. The molecule has 5 nitrogen and oxygen atoms in total. The summed E-state index contributed by atoms with van der Waals surface area (Å²) in [6.07, 6.45) is 1.24. The van der Waals surface area contributed by atoms with Gasteiger partial charge in [0.25, 0.3) is 0 Å². The predicted octanol–water partition coefficient (Wildman–Crippen LogP) is 0.778. The first-order chi connectivity index (χ1) is 7.94. The van der Waals surface area contributed by atoms with Gasteiger partial charge in [-0.1, -0.05) is 12.1 Å². The summed E-state index contributed by atoms with van der Waals surface area (Å²) < 4.78 is 24.8. The van der Waals surface area contributed by atoms with E-state index in [2.05, 4.69) is 4.98 Å². The highest BCUT2D eigenvalue weighted by atomic mass is 32.2. The zero-order valence-electron chi connectivity index (χ0n) is 9.47. The van der Waals surface area contributed by atoms with Crippen LogP contribution in [0.1, 0.15) is 0 Å². The number of aromatic amines is 1. The maximum atomic E-state index is 12.1. The molecule has 0 atom stereocenters. The monoisotopic (exact) mass is 252 g/mol. The second-order valence-corrected chi connectivity index (χ2v) is 5.94. The maximum absolute atomic E-state index is 12.1. The zero-order valence-corrected chi connectivity index (χ0v) is 10.3. The van der Waals surface area contributed by atoms with Crippen molar-refractivity contribution in [1.29, 1.82) is 0 Å². The second kappa shape index (κ2) is 3.97. The largest absolute Gasteiger partial charge is 0.360 e. The van der Waals surface area contributed by atoms with Gasteiger partial charge in [-0.05, 0) is 12.1 Å². The fourth-order valence-electron chi connectivity index (χ4n) is 1.54. The number of fused-ring (bicyclic) bond motifs is 1. The molecule has 0 spiro atoms. The Morgan fingerprint density at radius 2 is 1.82 bits per heavy atom. The van der Waals surface area contributed by atoms with Crippen LogP contribution in [-0.2, 0) is 10.0 Å². The van der Waals surface area contributed by atoms with Gasteiger partial charge in [0, 0.05) is 31.2 Å². The molecule has 0 amide bonds. The summed E-state index contributed by atoms with van der Waals surface area (Å²) in [6.45, 7) is 0. The van der Waals surface area contributed by atoms with Crippen molar-refractivity contribution in [1.82, 2.24) is 9.29 Å². The fraction of sp³-hybridized carbons (Fsp3) is 0.182. The van der Waals surface area contributed by atoms with Crippen LogP contribution < -0.4 is 5.43 Å². The molecule has 0 radical (unpaired) electrons. The quantitative estimate of drug-likeness (QED) is 0.858. The van der Waals surface area contributed by atoms with E-state index in [1.54, 1.807) is 24.3 Å². The van der Waals surface area contributed by atoms with Gasteiger partial charge in [-0.3, -0.25) is 4.79 Å². The number of hydrogen-bond acceptors (Lipinski definition) is 3. The van der Waals surface area contributed by atoms with Gasteiger partial charge in [-0.2, -0.15) is 0 Å². The minimum Gasteiger partial charge on any atom is -0.360 e. The van der Waals surface area contributed by atoms with Crippen molar-refractivity contribution in [3.8, 4) is 0 Å². The van der Waals surface area contributed by atoms with Crippen LogP contribution in [0, 0.1) is 0 Å². The van der Waals surface area contributed by atoms with Gasteiger partial charge in [0.15, 0.2) is 0 Å². The third-order valence-electron chi connectivity index (χ3n) is 2.51. The van der Waals surface area contributed by atoms with E-state index >= 15 is 0 Å². The molecule has 17 heavy (non-hydrogen) atoms. The minimum absolute atomic E-state index is 0.235. The average Bonchev–Trinajstić information content (AvgIpc) is 2.29. The Morgan fingerprint density at radius 1 is 1.18 bits per heavy atom. The van der Waals surface area contributed by atoms with Crippen LogP contribution in [-0.4, -0.2) is 31.8 Å². The van der Waals surface area contributed by atoms with E-state index in [-0.39, 0.29) is 4.90 Å². The molecule has 0 bridgehead atoms. The van der Waals surface area contributed by atoms with E-state index in [1.165, 1.54) is 20.3 Å². The first-order valence-electron chi connectivity index (χ1n) is 4.97. The number of para-hydroxylation sites is 1. The highest BCUT2D eigenvalue weighted by Gasteiger charge is 2.21. The summed E-state index contributed by atoms with van der Waals surface area (Å²) in [5.41, 5.74) is 0.142. The van der Waals surface area contributed by atoms with Crippen LogP contribution in [0.25, 0.3) is 10.9 Å². The van der Waals surface area contributed by atoms with Gasteiger partial charge in [0.2, 0.25) is 15.5 Å². The molecule has 1 aromatic heterocycles.